The minimum Gasteiger partial charge on any atom is -0.379 e. The first-order chi connectivity index (χ1) is 12.9. The molecule has 0 spiro atoms. The number of hydrogen-bond acceptors (Lipinski definition) is 5. The first kappa shape index (κ1) is 18.2. The zero-order valence-electron chi connectivity index (χ0n) is 14.3. The lowest BCUT2D eigenvalue weighted by molar-refractivity contribution is 0.0730. The van der Waals surface area contributed by atoms with Crippen LogP contribution in [0.5, 0.6) is 0 Å². The highest BCUT2D eigenvalue weighted by molar-refractivity contribution is 7.89. The molecule has 0 saturated carbocycles. The van der Waals surface area contributed by atoms with E-state index in [-0.39, 0.29) is 11.4 Å². The molecule has 10 heteroatoms. The highest BCUT2D eigenvalue weighted by atomic mass is 35.5. The molecule has 0 atom stereocenters. The fourth-order valence-corrected chi connectivity index (χ4v) is 4.49. The van der Waals surface area contributed by atoms with Crippen LogP contribution in [-0.4, -0.2) is 53.2 Å². The number of nitrogens with zero attached hydrogens (tertiary/aromatic N) is 4. The van der Waals surface area contributed by atoms with E-state index in [4.69, 9.17) is 16.3 Å². The Kier molecular flexibility index (Phi) is 4.77. The third-order valence-electron chi connectivity index (χ3n) is 4.40. The zero-order chi connectivity index (χ0) is 19.0. The molecule has 3 heterocycles. The van der Waals surface area contributed by atoms with Crippen molar-refractivity contribution in [2.45, 2.75) is 11.4 Å². The maximum atomic E-state index is 12.8. The van der Waals surface area contributed by atoms with Gasteiger partial charge < -0.3 is 4.74 Å². The molecule has 2 aromatic heterocycles. The molecule has 8 nitrogen and oxygen atoms in total. The van der Waals surface area contributed by atoms with E-state index in [9.17, 15) is 13.2 Å². The Morgan fingerprint density at radius 1 is 1.07 bits per heavy atom. The van der Waals surface area contributed by atoms with Crippen LogP contribution in [-0.2, 0) is 21.3 Å². The summed E-state index contributed by atoms with van der Waals surface area (Å²) < 4.78 is 34.7. The maximum absolute atomic E-state index is 12.8. The first-order valence-electron chi connectivity index (χ1n) is 8.37. The van der Waals surface area contributed by atoms with E-state index >= 15 is 0 Å². The van der Waals surface area contributed by atoms with Crippen molar-refractivity contribution in [2.75, 3.05) is 26.3 Å². The van der Waals surface area contributed by atoms with Gasteiger partial charge in [-0.1, -0.05) is 23.7 Å². The average molecular weight is 409 g/mol. The lowest BCUT2D eigenvalue weighted by atomic mass is 10.2. The summed E-state index contributed by atoms with van der Waals surface area (Å²) in [5, 5.41) is 4.88. The number of rotatable bonds is 4. The number of halogens is 1. The van der Waals surface area contributed by atoms with E-state index in [1.165, 1.54) is 31.7 Å². The van der Waals surface area contributed by atoms with Crippen molar-refractivity contribution in [3.8, 4) is 0 Å². The molecule has 27 heavy (non-hydrogen) atoms. The average Bonchev–Trinajstić information content (AvgIpc) is 2.99. The molecule has 1 saturated heterocycles. The summed E-state index contributed by atoms with van der Waals surface area (Å²) in [4.78, 5) is 12.7. The van der Waals surface area contributed by atoms with Crippen molar-refractivity contribution in [1.29, 1.82) is 0 Å². The van der Waals surface area contributed by atoms with Crippen molar-refractivity contribution in [2.24, 2.45) is 0 Å². The van der Waals surface area contributed by atoms with Gasteiger partial charge in [-0.2, -0.15) is 4.31 Å². The molecule has 3 aromatic rings. The highest BCUT2D eigenvalue weighted by Gasteiger charge is 2.27. The van der Waals surface area contributed by atoms with Gasteiger partial charge in [-0.15, -0.1) is 5.10 Å². The second-order valence-corrected chi connectivity index (χ2v) is 8.55. The van der Waals surface area contributed by atoms with E-state index in [0.717, 1.165) is 5.56 Å². The van der Waals surface area contributed by atoms with E-state index in [2.05, 4.69) is 5.10 Å². The molecule has 1 fully saturated rings. The van der Waals surface area contributed by atoms with Gasteiger partial charge in [0.25, 0.3) is 0 Å². The van der Waals surface area contributed by atoms with Gasteiger partial charge in [0.1, 0.15) is 0 Å². The number of hydrogen-bond donors (Lipinski definition) is 0. The molecule has 1 aliphatic heterocycles. The summed E-state index contributed by atoms with van der Waals surface area (Å²) in [6.45, 7) is 1.58. The number of benzene rings is 1. The lowest BCUT2D eigenvalue weighted by Gasteiger charge is -2.25. The van der Waals surface area contributed by atoms with Crippen molar-refractivity contribution in [1.82, 2.24) is 18.5 Å². The van der Waals surface area contributed by atoms with Gasteiger partial charge in [0.05, 0.1) is 24.7 Å². The molecule has 0 amide bonds. The summed E-state index contributed by atoms with van der Waals surface area (Å²) in [5.74, 6) is 0. The quantitative estimate of drug-likeness (QED) is 0.648. The van der Waals surface area contributed by atoms with Gasteiger partial charge in [-0.05, 0) is 29.8 Å². The fraction of sp³-hybridized carbons (Fsp3) is 0.294. The molecular weight excluding hydrogens is 392 g/mol. The zero-order valence-corrected chi connectivity index (χ0v) is 15.9. The lowest BCUT2D eigenvalue weighted by Crippen LogP contribution is -2.40. The third-order valence-corrected chi connectivity index (χ3v) is 6.54. The second-order valence-electron chi connectivity index (χ2n) is 6.18. The monoisotopic (exact) mass is 408 g/mol. The molecule has 0 unspecified atom stereocenters. The normalized spacial score (nSPS) is 16.0. The van der Waals surface area contributed by atoms with Crippen LogP contribution < -0.4 is 5.69 Å². The molecule has 0 radical (unpaired) electrons. The van der Waals surface area contributed by atoms with Gasteiger partial charge in [-0.3, -0.25) is 0 Å². The fourth-order valence-electron chi connectivity index (χ4n) is 2.95. The molecule has 0 bridgehead atoms. The molecular formula is C17H17ClN4O4S. The molecule has 142 valence electrons. The van der Waals surface area contributed by atoms with Crippen molar-refractivity contribution < 1.29 is 13.2 Å². The minimum absolute atomic E-state index is 0.0602. The largest absolute Gasteiger partial charge is 0.379 e. The van der Waals surface area contributed by atoms with Crippen LogP contribution in [0.3, 0.4) is 0 Å². The number of aromatic nitrogens is 3. The summed E-state index contributed by atoms with van der Waals surface area (Å²) in [6.07, 6.45) is 1.33. The maximum Gasteiger partial charge on any atom is 0.350 e. The van der Waals surface area contributed by atoms with Gasteiger partial charge in [0.15, 0.2) is 5.65 Å². The predicted molar refractivity (Wildman–Crippen MR) is 99.6 cm³/mol. The first-order valence-corrected chi connectivity index (χ1v) is 10.2. The van der Waals surface area contributed by atoms with Crippen LogP contribution in [0.15, 0.2) is 52.3 Å². The Bertz CT molecular complexity index is 1130. The Morgan fingerprint density at radius 3 is 2.48 bits per heavy atom. The number of sulfonamides is 1. The second kappa shape index (κ2) is 7.08. The topological polar surface area (TPSA) is 85.9 Å². The SMILES string of the molecule is O=c1n(Cc2ccc(Cl)cc2)nc2ccc(S(=O)(=O)N3CCOCC3)cn12. The Balaban J connectivity index is 1.69. The molecule has 0 N–H and O–H groups in total. The summed E-state index contributed by atoms with van der Waals surface area (Å²) in [7, 11) is -3.68. The van der Waals surface area contributed by atoms with Gasteiger partial charge in [-0.25, -0.2) is 22.3 Å². The van der Waals surface area contributed by atoms with Gasteiger partial charge >= 0.3 is 5.69 Å². The van der Waals surface area contributed by atoms with E-state index in [0.29, 0.717) is 37.0 Å². The molecule has 0 aliphatic carbocycles. The minimum atomic E-state index is -3.68. The molecule has 4 rings (SSSR count). The van der Waals surface area contributed by atoms with Crippen LogP contribution in [0.2, 0.25) is 5.02 Å². The smallest absolute Gasteiger partial charge is 0.350 e. The van der Waals surface area contributed by atoms with Crippen LogP contribution in [0.4, 0.5) is 0 Å². The Labute approximate surface area is 160 Å². The van der Waals surface area contributed by atoms with E-state index in [1.807, 2.05) is 12.1 Å². The summed E-state index contributed by atoms with van der Waals surface area (Å²) in [5.41, 5.74) is 0.847. The van der Waals surface area contributed by atoms with Crippen molar-refractivity contribution in [3.05, 3.63) is 63.7 Å². The highest BCUT2D eigenvalue weighted by Crippen LogP contribution is 2.17. The van der Waals surface area contributed by atoms with Crippen LogP contribution in [0, 0.1) is 0 Å². The molecule has 1 aliphatic rings. The van der Waals surface area contributed by atoms with Crippen molar-refractivity contribution >= 4 is 27.3 Å². The molecule has 1 aromatic carbocycles. The number of pyridine rings is 1. The third kappa shape index (κ3) is 3.51. The van der Waals surface area contributed by atoms with E-state index < -0.39 is 15.7 Å². The number of ether oxygens (including phenoxy) is 1. The van der Waals surface area contributed by atoms with E-state index in [1.54, 1.807) is 12.1 Å². The van der Waals surface area contributed by atoms with Gasteiger partial charge in [0, 0.05) is 24.3 Å². The summed E-state index contributed by atoms with van der Waals surface area (Å²) in [6, 6.07) is 10.1. The standard InChI is InChI=1S/C17H17ClN4O4S/c18-14-3-1-13(2-4-14)11-22-17(23)21-12-15(5-6-16(21)19-22)27(24,25)20-7-9-26-10-8-20/h1-6,12H,7-11H2. The number of morpholine rings is 1. The van der Waals surface area contributed by atoms with Crippen LogP contribution in [0.1, 0.15) is 5.56 Å². The van der Waals surface area contributed by atoms with Crippen LogP contribution in [0.25, 0.3) is 5.65 Å². The Hall–Kier alpha value is -2.20. The van der Waals surface area contributed by atoms with Crippen LogP contribution >= 0.6 is 11.6 Å². The predicted octanol–water partition coefficient (Wildman–Crippen LogP) is 1.22. The van der Waals surface area contributed by atoms with Crippen molar-refractivity contribution in [3.63, 3.8) is 0 Å². The summed E-state index contributed by atoms with van der Waals surface area (Å²) >= 11 is 5.88. The Morgan fingerprint density at radius 2 is 1.78 bits per heavy atom. The van der Waals surface area contributed by atoms with Gasteiger partial charge in [0.2, 0.25) is 10.0 Å². The number of fused-ring (bicyclic) bond motifs is 1.